The molecule has 0 unspecified atom stereocenters. The SMILES string of the molecule is Cl.O=S(=O)(NCc1ccc2c(c1)CNC2)c1ccc(F)cc1C(F)(F)F. The molecule has 26 heavy (non-hydrogen) atoms. The summed E-state index contributed by atoms with van der Waals surface area (Å²) in [4.78, 5) is -0.996. The first-order valence-electron chi connectivity index (χ1n) is 7.34. The highest BCUT2D eigenvalue weighted by atomic mass is 35.5. The van der Waals surface area contributed by atoms with Crippen molar-refractivity contribution >= 4 is 22.4 Å². The Bertz CT molecular complexity index is 917. The maximum atomic E-state index is 13.1. The van der Waals surface area contributed by atoms with Gasteiger partial charge in [-0.2, -0.15) is 13.2 Å². The highest BCUT2D eigenvalue weighted by molar-refractivity contribution is 7.89. The third-order valence-corrected chi connectivity index (χ3v) is 5.36. The molecule has 2 aromatic rings. The van der Waals surface area contributed by atoms with Gasteiger partial charge in [-0.25, -0.2) is 17.5 Å². The number of hydrogen-bond acceptors (Lipinski definition) is 3. The van der Waals surface area contributed by atoms with Gasteiger partial charge in [0.25, 0.3) is 0 Å². The lowest BCUT2D eigenvalue weighted by atomic mass is 10.1. The van der Waals surface area contributed by atoms with Crippen LogP contribution in [0.2, 0.25) is 0 Å². The molecule has 10 heteroatoms. The summed E-state index contributed by atoms with van der Waals surface area (Å²) in [6.45, 7) is 1.22. The molecule has 142 valence electrons. The van der Waals surface area contributed by atoms with Gasteiger partial charge in [-0.05, 0) is 34.9 Å². The van der Waals surface area contributed by atoms with Gasteiger partial charge >= 0.3 is 6.18 Å². The number of benzene rings is 2. The monoisotopic (exact) mass is 410 g/mol. The molecule has 0 saturated carbocycles. The van der Waals surface area contributed by atoms with Crippen LogP contribution in [-0.2, 0) is 35.8 Å². The number of halogens is 5. The second kappa shape index (κ2) is 7.51. The van der Waals surface area contributed by atoms with Gasteiger partial charge in [0.15, 0.2) is 0 Å². The predicted molar refractivity (Wildman–Crippen MR) is 89.7 cm³/mol. The lowest BCUT2D eigenvalue weighted by Gasteiger charge is -2.14. The molecule has 4 nitrogen and oxygen atoms in total. The Morgan fingerprint density at radius 2 is 1.73 bits per heavy atom. The van der Waals surface area contributed by atoms with Gasteiger partial charge in [0, 0.05) is 19.6 Å². The normalized spacial score (nSPS) is 14.0. The fraction of sp³-hybridized carbons (Fsp3) is 0.250. The predicted octanol–water partition coefficient (Wildman–Crippen LogP) is 3.35. The van der Waals surface area contributed by atoms with Crippen molar-refractivity contribution in [3.63, 3.8) is 0 Å². The van der Waals surface area contributed by atoms with E-state index < -0.39 is 32.5 Å². The average Bonchev–Trinajstić information content (AvgIpc) is 2.99. The van der Waals surface area contributed by atoms with Crippen LogP contribution in [0.25, 0.3) is 0 Å². The van der Waals surface area contributed by atoms with Crippen molar-refractivity contribution in [3.05, 3.63) is 64.5 Å². The number of rotatable bonds is 4. The number of nitrogens with one attached hydrogen (secondary N) is 2. The molecule has 0 amide bonds. The van der Waals surface area contributed by atoms with Gasteiger partial charge in [0.05, 0.1) is 10.5 Å². The number of fused-ring (bicyclic) bond motifs is 1. The molecule has 2 aromatic carbocycles. The lowest BCUT2D eigenvalue weighted by molar-refractivity contribution is -0.140. The van der Waals surface area contributed by atoms with Gasteiger partial charge < -0.3 is 5.32 Å². The second-order valence-corrected chi connectivity index (χ2v) is 7.40. The third-order valence-electron chi connectivity index (χ3n) is 3.90. The van der Waals surface area contributed by atoms with E-state index in [1.54, 1.807) is 12.1 Å². The first-order chi connectivity index (χ1) is 11.7. The van der Waals surface area contributed by atoms with E-state index >= 15 is 0 Å². The quantitative estimate of drug-likeness (QED) is 0.760. The Morgan fingerprint density at radius 1 is 1.04 bits per heavy atom. The van der Waals surface area contributed by atoms with Crippen molar-refractivity contribution in [1.82, 2.24) is 10.0 Å². The molecule has 0 aromatic heterocycles. The summed E-state index contributed by atoms with van der Waals surface area (Å²) in [7, 11) is -4.46. The Morgan fingerprint density at radius 3 is 2.42 bits per heavy atom. The standard InChI is InChI=1S/C16H14F4N2O2S.ClH/c17-13-3-4-15(14(6-13)16(18,19)20)25(23,24)22-7-10-1-2-11-8-21-9-12(11)5-10;/h1-6,21-22H,7-9H2;1H. The summed E-state index contributed by atoms with van der Waals surface area (Å²) >= 11 is 0. The summed E-state index contributed by atoms with van der Waals surface area (Å²) in [6, 6.07) is 6.84. The fourth-order valence-corrected chi connectivity index (χ4v) is 3.90. The third kappa shape index (κ3) is 4.35. The largest absolute Gasteiger partial charge is 0.417 e. The van der Waals surface area contributed by atoms with E-state index in [-0.39, 0.29) is 25.0 Å². The maximum absolute atomic E-state index is 13.1. The van der Waals surface area contributed by atoms with Crippen molar-refractivity contribution < 1.29 is 26.0 Å². The molecule has 1 aliphatic rings. The summed E-state index contributed by atoms with van der Waals surface area (Å²) in [5, 5.41) is 3.14. The van der Waals surface area contributed by atoms with E-state index in [9.17, 15) is 26.0 Å². The Hall–Kier alpha value is -1.68. The average molecular weight is 411 g/mol. The van der Waals surface area contributed by atoms with Crippen LogP contribution in [0, 0.1) is 5.82 Å². The first-order valence-corrected chi connectivity index (χ1v) is 8.83. The van der Waals surface area contributed by atoms with Crippen molar-refractivity contribution in [2.75, 3.05) is 0 Å². The molecule has 0 spiro atoms. The Kier molecular flexibility index (Phi) is 5.96. The topological polar surface area (TPSA) is 58.2 Å². The number of alkyl halides is 3. The molecular formula is C16H15ClF4N2O2S. The summed E-state index contributed by atoms with van der Waals surface area (Å²) in [6.07, 6.45) is -4.98. The smallest absolute Gasteiger partial charge is 0.309 e. The summed E-state index contributed by atoms with van der Waals surface area (Å²) in [5.74, 6) is -1.16. The fourth-order valence-electron chi connectivity index (χ4n) is 2.67. The zero-order valence-corrected chi connectivity index (χ0v) is 14.9. The van der Waals surface area contributed by atoms with Gasteiger partial charge in [0.1, 0.15) is 5.82 Å². The molecule has 3 rings (SSSR count). The van der Waals surface area contributed by atoms with E-state index in [1.165, 1.54) is 0 Å². The van der Waals surface area contributed by atoms with E-state index in [4.69, 9.17) is 0 Å². The van der Waals surface area contributed by atoms with Gasteiger partial charge in [0.2, 0.25) is 10.0 Å². The van der Waals surface area contributed by atoms with Crippen LogP contribution in [-0.4, -0.2) is 8.42 Å². The van der Waals surface area contributed by atoms with Crippen molar-refractivity contribution in [1.29, 1.82) is 0 Å². The van der Waals surface area contributed by atoms with Crippen LogP contribution < -0.4 is 10.0 Å². The van der Waals surface area contributed by atoms with Crippen LogP contribution in [0.3, 0.4) is 0 Å². The van der Waals surface area contributed by atoms with Crippen molar-refractivity contribution in [2.24, 2.45) is 0 Å². The molecule has 1 aliphatic heterocycles. The first kappa shape index (κ1) is 20.6. The van der Waals surface area contributed by atoms with Crippen LogP contribution >= 0.6 is 12.4 Å². The Labute approximate surface area is 154 Å². The molecule has 2 N–H and O–H groups in total. The zero-order chi connectivity index (χ0) is 18.2. The summed E-state index contributed by atoms with van der Waals surface area (Å²) < 4.78 is 78.8. The van der Waals surface area contributed by atoms with Crippen LogP contribution in [0.4, 0.5) is 17.6 Å². The maximum Gasteiger partial charge on any atom is 0.417 e. The van der Waals surface area contributed by atoms with Crippen LogP contribution in [0.1, 0.15) is 22.3 Å². The van der Waals surface area contributed by atoms with Crippen molar-refractivity contribution in [3.8, 4) is 0 Å². The van der Waals surface area contributed by atoms with Crippen LogP contribution in [0.5, 0.6) is 0 Å². The minimum atomic E-state index is -4.98. The Balaban J connectivity index is 0.00000243. The molecule has 0 atom stereocenters. The van der Waals surface area contributed by atoms with Gasteiger partial charge in [-0.3, -0.25) is 0 Å². The molecule has 0 fully saturated rings. The highest BCUT2D eigenvalue weighted by Crippen LogP contribution is 2.34. The molecule has 0 saturated heterocycles. The number of hydrogen-bond donors (Lipinski definition) is 2. The van der Waals surface area contributed by atoms with Gasteiger partial charge in [-0.15, -0.1) is 12.4 Å². The zero-order valence-electron chi connectivity index (χ0n) is 13.2. The number of sulfonamides is 1. The van der Waals surface area contributed by atoms with Crippen molar-refractivity contribution in [2.45, 2.75) is 30.7 Å². The van der Waals surface area contributed by atoms with E-state index in [0.29, 0.717) is 24.2 Å². The summed E-state index contributed by atoms with van der Waals surface area (Å²) in [5.41, 5.74) is 1.22. The van der Waals surface area contributed by atoms with E-state index in [0.717, 1.165) is 17.7 Å². The molecular weight excluding hydrogens is 396 g/mol. The lowest BCUT2D eigenvalue weighted by Crippen LogP contribution is -2.26. The molecule has 1 heterocycles. The van der Waals surface area contributed by atoms with E-state index in [1.807, 2.05) is 6.07 Å². The van der Waals surface area contributed by atoms with E-state index in [2.05, 4.69) is 10.0 Å². The second-order valence-electron chi connectivity index (χ2n) is 5.67. The highest BCUT2D eigenvalue weighted by Gasteiger charge is 2.37. The molecule has 0 radical (unpaired) electrons. The minimum Gasteiger partial charge on any atom is -0.309 e. The molecule has 0 bridgehead atoms. The van der Waals surface area contributed by atoms with Crippen LogP contribution in [0.15, 0.2) is 41.3 Å². The van der Waals surface area contributed by atoms with Gasteiger partial charge in [-0.1, -0.05) is 18.2 Å². The molecule has 0 aliphatic carbocycles. The minimum absolute atomic E-state index is 0.